The third-order valence-electron chi connectivity index (χ3n) is 4.21. The summed E-state index contributed by atoms with van der Waals surface area (Å²) in [5, 5.41) is 2.95. The summed E-state index contributed by atoms with van der Waals surface area (Å²) in [5.41, 5.74) is 1.10. The number of hydrogen-bond donors (Lipinski definition) is 1. The summed E-state index contributed by atoms with van der Waals surface area (Å²) < 4.78 is 16.5. The van der Waals surface area contributed by atoms with Gasteiger partial charge in [-0.2, -0.15) is 0 Å². The lowest BCUT2D eigenvalue weighted by Crippen LogP contribution is -2.44. The summed E-state index contributed by atoms with van der Waals surface area (Å²) in [7, 11) is 0. The molecule has 0 bridgehead atoms. The van der Waals surface area contributed by atoms with Gasteiger partial charge >= 0.3 is 0 Å². The van der Waals surface area contributed by atoms with E-state index in [0.717, 1.165) is 24.4 Å². The second-order valence-electron chi connectivity index (χ2n) is 6.09. The summed E-state index contributed by atoms with van der Waals surface area (Å²) in [6.45, 7) is 5.50. The average molecular weight is 381 g/mol. The van der Waals surface area contributed by atoms with Gasteiger partial charge in [-0.3, -0.25) is 9.69 Å². The standard InChI is InChI=1S/C19H24N2O4.ClH/c1-15-4-2-5-16(12-15)25-14-19(22)20-13-17(18-6-3-9-24-18)21-7-10-23-11-8-21;/h2-6,9,12,17H,7-8,10-11,13-14H2,1H3,(H,20,22);1H. The number of aryl methyl sites for hydroxylation is 1. The Kier molecular flexibility index (Phi) is 7.97. The van der Waals surface area contributed by atoms with E-state index in [1.165, 1.54) is 0 Å². The van der Waals surface area contributed by atoms with E-state index in [-0.39, 0.29) is 31.0 Å². The Morgan fingerprint density at radius 1 is 1.27 bits per heavy atom. The first kappa shape index (κ1) is 20.3. The third-order valence-corrected chi connectivity index (χ3v) is 4.21. The lowest BCUT2D eigenvalue weighted by Gasteiger charge is -2.33. The van der Waals surface area contributed by atoms with Gasteiger partial charge in [0.15, 0.2) is 6.61 Å². The number of benzene rings is 1. The Balaban J connectivity index is 0.00000243. The molecule has 0 saturated carbocycles. The molecular weight excluding hydrogens is 356 g/mol. The SMILES string of the molecule is Cc1cccc(OCC(=O)NCC(c2ccco2)N2CCOCC2)c1.Cl. The minimum Gasteiger partial charge on any atom is -0.484 e. The van der Waals surface area contributed by atoms with Gasteiger partial charge in [0.25, 0.3) is 5.91 Å². The van der Waals surface area contributed by atoms with Crippen LogP contribution in [0.1, 0.15) is 17.4 Å². The van der Waals surface area contributed by atoms with Gasteiger partial charge in [-0.05, 0) is 36.8 Å². The summed E-state index contributed by atoms with van der Waals surface area (Å²) >= 11 is 0. The summed E-state index contributed by atoms with van der Waals surface area (Å²) in [5.74, 6) is 1.40. The molecular formula is C19H25ClN2O4. The Labute approximate surface area is 159 Å². The zero-order valence-electron chi connectivity index (χ0n) is 14.8. The molecule has 1 aromatic heterocycles. The van der Waals surface area contributed by atoms with Gasteiger partial charge in [0.2, 0.25) is 0 Å². The van der Waals surface area contributed by atoms with Gasteiger partial charge in [-0.15, -0.1) is 12.4 Å². The van der Waals surface area contributed by atoms with Crippen molar-refractivity contribution >= 4 is 18.3 Å². The number of nitrogens with one attached hydrogen (secondary N) is 1. The first-order valence-electron chi connectivity index (χ1n) is 8.54. The fraction of sp³-hybridized carbons (Fsp3) is 0.421. The second-order valence-corrected chi connectivity index (χ2v) is 6.09. The van der Waals surface area contributed by atoms with E-state index in [2.05, 4.69) is 10.2 Å². The van der Waals surface area contributed by atoms with Crippen LogP contribution in [-0.2, 0) is 9.53 Å². The van der Waals surface area contributed by atoms with E-state index in [1.54, 1.807) is 6.26 Å². The Bertz CT molecular complexity index is 672. The Morgan fingerprint density at radius 2 is 2.08 bits per heavy atom. The molecule has 1 aliphatic rings. The van der Waals surface area contributed by atoms with Crippen LogP contribution < -0.4 is 10.1 Å². The minimum atomic E-state index is -0.147. The monoisotopic (exact) mass is 380 g/mol. The zero-order chi connectivity index (χ0) is 17.5. The van der Waals surface area contributed by atoms with Crippen LogP contribution in [0.3, 0.4) is 0 Å². The van der Waals surface area contributed by atoms with Crippen LogP contribution in [0, 0.1) is 6.92 Å². The molecule has 1 aliphatic heterocycles. The fourth-order valence-corrected chi connectivity index (χ4v) is 2.90. The minimum absolute atomic E-state index is 0. The van der Waals surface area contributed by atoms with Crippen LogP contribution in [0.25, 0.3) is 0 Å². The summed E-state index contributed by atoms with van der Waals surface area (Å²) in [6, 6.07) is 11.5. The highest BCUT2D eigenvalue weighted by molar-refractivity contribution is 5.85. The molecule has 142 valence electrons. The van der Waals surface area contributed by atoms with Crippen LogP contribution in [0.2, 0.25) is 0 Å². The number of rotatable bonds is 7. The highest BCUT2D eigenvalue weighted by Crippen LogP contribution is 2.21. The molecule has 7 heteroatoms. The Morgan fingerprint density at radius 3 is 2.77 bits per heavy atom. The maximum atomic E-state index is 12.1. The van der Waals surface area contributed by atoms with Crippen LogP contribution in [0.4, 0.5) is 0 Å². The van der Waals surface area contributed by atoms with Crippen LogP contribution in [-0.4, -0.2) is 50.3 Å². The van der Waals surface area contributed by atoms with E-state index in [4.69, 9.17) is 13.9 Å². The van der Waals surface area contributed by atoms with Gasteiger partial charge in [-0.25, -0.2) is 0 Å². The van der Waals surface area contributed by atoms with E-state index in [0.29, 0.717) is 25.5 Å². The molecule has 1 amide bonds. The van der Waals surface area contributed by atoms with Crippen LogP contribution in [0.15, 0.2) is 47.1 Å². The van der Waals surface area contributed by atoms with Crippen molar-refractivity contribution in [1.82, 2.24) is 10.2 Å². The maximum Gasteiger partial charge on any atom is 0.258 e. The number of furan rings is 1. The molecule has 2 heterocycles. The molecule has 1 N–H and O–H groups in total. The van der Waals surface area contributed by atoms with Crippen LogP contribution in [0.5, 0.6) is 5.75 Å². The number of halogens is 1. The number of nitrogens with zero attached hydrogens (tertiary/aromatic N) is 1. The van der Waals surface area contributed by atoms with E-state index in [9.17, 15) is 4.79 Å². The number of morpholine rings is 1. The number of carbonyl (C=O) groups excluding carboxylic acids is 1. The summed E-state index contributed by atoms with van der Waals surface area (Å²) in [4.78, 5) is 14.4. The van der Waals surface area contributed by atoms with Crippen molar-refractivity contribution in [2.24, 2.45) is 0 Å². The predicted molar refractivity (Wildman–Crippen MR) is 101 cm³/mol. The number of hydrogen-bond acceptors (Lipinski definition) is 5. The van der Waals surface area contributed by atoms with Crippen molar-refractivity contribution in [2.75, 3.05) is 39.5 Å². The zero-order valence-corrected chi connectivity index (χ0v) is 15.7. The van der Waals surface area contributed by atoms with Gasteiger partial charge in [0, 0.05) is 19.6 Å². The van der Waals surface area contributed by atoms with Gasteiger partial charge < -0.3 is 19.2 Å². The van der Waals surface area contributed by atoms with Gasteiger partial charge in [-0.1, -0.05) is 12.1 Å². The molecule has 6 nitrogen and oxygen atoms in total. The topological polar surface area (TPSA) is 63.9 Å². The molecule has 0 spiro atoms. The Hall–Kier alpha value is -2.02. The first-order chi connectivity index (χ1) is 12.2. The molecule has 26 heavy (non-hydrogen) atoms. The molecule has 1 saturated heterocycles. The lowest BCUT2D eigenvalue weighted by atomic mass is 10.1. The molecule has 1 aromatic carbocycles. The quantitative estimate of drug-likeness (QED) is 0.799. The fourth-order valence-electron chi connectivity index (χ4n) is 2.90. The first-order valence-corrected chi connectivity index (χ1v) is 8.54. The summed E-state index contributed by atoms with van der Waals surface area (Å²) in [6.07, 6.45) is 1.66. The number of amides is 1. The second kappa shape index (κ2) is 10.2. The largest absolute Gasteiger partial charge is 0.484 e. The molecule has 3 rings (SSSR count). The molecule has 2 aromatic rings. The van der Waals surface area contributed by atoms with Gasteiger partial charge in [0.05, 0.1) is 25.5 Å². The van der Waals surface area contributed by atoms with E-state index in [1.807, 2.05) is 43.3 Å². The molecule has 1 unspecified atom stereocenters. The van der Waals surface area contributed by atoms with Crippen molar-refractivity contribution in [3.63, 3.8) is 0 Å². The third kappa shape index (κ3) is 5.76. The van der Waals surface area contributed by atoms with E-state index >= 15 is 0 Å². The molecule has 1 fully saturated rings. The van der Waals surface area contributed by atoms with Crippen molar-refractivity contribution in [2.45, 2.75) is 13.0 Å². The number of ether oxygens (including phenoxy) is 2. The van der Waals surface area contributed by atoms with Crippen molar-refractivity contribution < 1.29 is 18.7 Å². The van der Waals surface area contributed by atoms with E-state index < -0.39 is 0 Å². The molecule has 0 radical (unpaired) electrons. The number of carbonyl (C=O) groups is 1. The van der Waals surface area contributed by atoms with Crippen molar-refractivity contribution in [3.05, 3.63) is 54.0 Å². The normalized spacial score (nSPS) is 15.7. The molecule has 1 atom stereocenters. The molecule has 0 aliphatic carbocycles. The lowest BCUT2D eigenvalue weighted by molar-refractivity contribution is -0.123. The van der Waals surface area contributed by atoms with Crippen LogP contribution >= 0.6 is 12.4 Å². The van der Waals surface area contributed by atoms with Crippen molar-refractivity contribution in [3.8, 4) is 5.75 Å². The predicted octanol–water partition coefficient (Wildman–Crippen LogP) is 2.58. The highest BCUT2D eigenvalue weighted by Gasteiger charge is 2.25. The average Bonchev–Trinajstić information content (AvgIpc) is 3.15. The van der Waals surface area contributed by atoms with Gasteiger partial charge in [0.1, 0.15) is 11.5 Å². The highest BCUT2D eigenvalue weighted by atomic mass is 35.5. The maximum absolute atomic E-state index is 12.1. The smallest absolute Gasteiger partial charge is 0.258 e. The van der Waals surface area contributed by atoms with Crippen molar-refractivity contribution in [1.29, 1.82) is 0 Å².